The Balaban J connectivity index is 1.99. The molecule has 2 rings (SSSR count). The fraction of sp³-hybridized carbons (Fsp3) is 0.222. The van der Waals surface area contributed by atoms with Gasteiger partial charge in [-0.25, -0.2) is 0 Å². The first-order chi connectivity index (χ1) is 11.5. The van der Waals surface area contributed by atoms with Crippen LogP contribution in [0.4, 0.5) is 11.4 Å². The number of methoxy groups -OCH3 is 2. The van der Waals surface area contributed by atoms with E-state index in [1.54, 1.807) is 56.7 Å². The summed E-state index contributed by atoms with van der Waals surface area (Å²) in [5, 5.41) is 5.50. The fourth-order valence-corrected chi connectivity index (χ4v) is 2.21. The Hall–Kier alpha value is -3.02. The van der Waals surface area contributed by atoms with Crippen LogP contribution in [0.15, 0.2) is 42.5 Å². The van der Waals surface area contributed by atoms with E-state index in [2.05, 4.69) is 10.6 Å². The molecule has 0 aliphatic rings. The van der Waals surface area contributed by atoms with Crippen molar-refractivity contribution in [1.29, 1.82) is 0 Å². The second kappa shape index (κ2) is 8.01. The predicted molar refractivity (Wildman–Crippen MR) is 92.6 cm³/mol. The quantitative estimate of drug-likeness (QED) is 0.855. The van der Waals surface area contributed by atoms with Crippen LogP contribution in [0, 0.1) is 0 Å². The van der Waals surface area contributed by atoms with Gasteiger partial charge in [-0.3, -0.25) is 9.59 Å². The Morgan fingerprint density at radius 3 is 2.08 bits per heavy atom. The topological polar surface area (TPSA) is 76.7 Å². The number of hydrogen-bond acceptors (Lipinski definition) is 4. The number of rotatable bonds is 6. The Labute approximate surface area is 140 Å². The lowest BCUT2D eigenvalue weighted by Crippen LogP contribution is -2.14. The molecule has 126 valence electrons. The molecule has 2 amide bonds. The molecule has 0 saturated heterocycles. The highest BCUT2D eigenvalue weighted by Crippen LogP contribution is 2.29. The summed E-state index contributed by atoms with van der Waals surface area (Å²) in [5.74, 6) is 0.877. The maximum atomic E-state index is 12.1. The van der Waals surface area contributed by atoms with Crippen molar-refractivity contribution in [3.05, 3.63) is 48.0 Å². The van der Waals surface area contributed by atoms with Gasteiger partial charge < -0.3 is 20.1 Å². The van der Waals surface area contributed by atoms with E-state index in [9.17, 15) is 9.59 Å². The first-order valence-corrected chi connectivity index (χ1v) is 7.40. The predicted octanol–water partition coefficient (Wildman–Crippen LogP) is 2.84. The molecule has 0 atom stereocenters. The molecule has 0 aromatic heterocycles. The van der Waals surface area contributed by atoms with E-state index in [0.29, 0.717) is 22.9 Å². The minimum Gasteiger partial charge on any atom is -0.493 e. The van der Waals surface area contributed by atoms with Gasteiger partial charge in [0, 0.05) is 24.4 Å². The molecular weight excluding hydrogens is 308 g/mol. The van der Waals surface area contributed by atoms with E-state index in [-0.39, 0.29) is 18.2 Å². The first kappa shape index (κ1) is 17.3. The number of hydrogen-bond donors (Lipinski definition) is 2. The van der Waals surface area contributed by atoms with Gasteiger partial charge in [0.1, 0.15) is 0 Å². The highest BCUT2D eigenvalue weighted by Gasteiger charge is 2.08. The first-order valence-electron chi connectivity index (χ1n) is 7.40. The summed E-state index contributed by atoms with van der Waals surface area (Å²) in [6, 6.07) is 12.3. The Morgan fingerprint density at radius 1 is 0.875 bits per heavy atom. The van der Waals surface area contributed by atoms with Crippen LogP contribution in [0.1, 0.15) is 12.5 Å². The highest BCUT2D eigenvalue weighted by atomic mass is 16.5. The number of benzene rings is 2. The zero-order valence-corrected chi connectivity index (χ0v) is 13.9. The van der Waals surface area contributed by atoms with Crippen molar-refractivity contribution in [2.45, 2.75) is 13.3 Å². The van der Waals surface area contributed by atoms with Crippen molar-refractivity contribution in [2.75, 3.05) is 24.9 Å². The number of amides is 2. The molecule has 0 unspecified atom stereocenters. The number of nitrogens with one attached hydrogen (secondary N) is 2. The summed E-state index contributed by atoms with van der Waals surface area (Å²) in [4.78, 5) is 23.1. The van der Waals surface area contributed by atoms with Gasteiger partial charge in [0.25, 0.3) is 0 Å². The van der Waals surface area contributed by atoms with Crippen LogP contribution >= 0.6 is 0 Å². The number of carbonyl (C=O) groups excluding carboxylic acids is 2. The Morgan fingerprint density at radius 2 is 1.50 bits per heavy atom. The van der Waals surface area contributed by atoms with E-state index in [4.69, 9.17) is 9.47 Å². The van der Waals surface area contributed by atoms with Crippen LogP contribution in [-0.4, -0.2) is 26.0 Å². The molecule has 0 spiro atoms. The number of carbonyl (C=O) groups is 2. The molecule has 2 aromatic rings. The Kier molecular flexibility index (Phi) is 5.78. The normalized spacial score (nSPS) is 9.96. The molecule has 2 aromatic carbocycles. The standard InChI is InChI=1S/C18H20N2O4/c1-12(21)19-14-6-4-13(5-7-14)10-18(22)20-15-8-9-16(23-2)17(11-15)24-3/h4-9,11H,10H2,1-3H3,(H,19,21)(H,20,22). The van der Waals surface area contributed by atoms with E-state index in [1.165, 1.54) is 6.92 Å². The molecule has 6 nitrogen and oxygen atoms in total. The SMILES string of the molecule is COc1ccc(NC(=O)Cc2ccc(NC(C)=O)cc2)cc1OC. The molecule has 0 bridgehead atoms. The lowest BCUT2D eigenvalue weighted by atomic mass is 10.1. The summed E-state index contributed by atoms with van der Waals surface area (Å²) in [6.45, 7) is 1.45. The van der Waals surface area contributed by atoms with Gasteiger partial charge in [0.15, 0.2) is 11.5 Å². The van der Waals surface area contributed by atoms with Crippen molar-refractivity contribution in [3.8, 4) is 11.5 Å². The average molecular weight is 328 g/mol. The van der Waals surface area contributed by atoms with Gasteiger partial charge in [0.2, 0.25) is 11.8 Å². The molecular formula is C18H20N2O4. The minimum atomic E-state index is -0.144. The second-order valence-corrected chi connectivity index (χ2v) is 5.17. The fourth-order valence-electron chi connectivity index (χ4n) is 2.21. The van der Waals surface area contributed by atoms with Gasteiger partial charge in [-0.15, -0.1) is 0 Å². The third-order valence-corrected chi connectivity index (χ3v) is 3.31. The monoisotopic (exact) mass is 328 g/mol. The van der Waals surface area contributed by atoms with Gasteiger partial charge in [-0.05, 0) is 29.8 Å². The molecule has 6 heteroatoms. The van der Waals surface area contributed by atoms with E-state index in [0.717, 1.165) is 5.56 Å². The summed E-state index contributed by atoms with van der Waals surface area (Å²) in [6.07, 6.45) is 0.231. The van der Waals surface area contributed by atoms with Crippen molar-refractivity contribution in [1.82, 2.24) is 0 Å². The van der Waals surface area contributed by atoms with Gasteiger partial charge in [-0.2, -0.15) is 0 Å². The maximum absolute atomic E-state index is 12.1. The zero-order chi connectivity index (χ0) is 17.5. The summed E-state index contributed by atoms with van der Waals surface area (Å²) in [7, 11) is 3.10. The molecule has 0 fully saturated rings. The van der Waals surface area contributed by atoms with Crippen molar-refractivity contribution in [2.24, 2.45) is 0 Å². The third kappa shape index (κ3) is 4.74. The number of anilines is 2. The minimum absolute atomic E-state index is 0.131. The summed E-state index contributed by atoms with van der Waals surface area (Å²) < 4.78 is 10.4. The summed E-state index contributed by atoms with van der Waals surface area (Å²) in [5.41, 5.74) is 2.18. The van der Waals surface area contributed by atoms with Crippen LogP contribution < -0.4 is 20.1 Å². The van der Waals surface area contributed by atoms with E-state index < -0.39 is 0 Å². The van der Waals surface area contributed by atoms with Gasteiger partial charge in [-0.1, -0.05) is 12.1 Å². The lowest BCUT2D eigenvalue weighted by molar-refractivity contribution is -0.116. The summed E-state index contributed by atoms with van der Waals surface area (Å²) >= 11 is 0. The maximum Gasteiger partial charge on any atom is 0.228 e. The third-order valence-electron chi connectivity index (χ3n) is 3.31. The van der Waals surface area contributed by atoms with E-state index >= 15 is 0 Å². The largest absolute Gasteiger partial charge is 0.493 e. The molecule has 2 N–H and O–H groups in total. The van der Waals surface area contributed by atoms with Crippen LogP contribution in [0.25, 0.3) is 0 Å². The van der Waals surface area contributed by atoms with Crippen LogP contribution in [0.5, 0.6) is 11.5 Å². The Bertz CT molecular complexity index is 726. The molecule has 0 aliphatic heterocycles. The van der Waals surface area contributed by atoms with Crippen molar-refractivity contribution >= 4 is 23.2 Å². The van der Waals surface area contributed by atoms with Gasteiger partial charge in [0.05, 0.1) is 20.6 Å². The van der Waals surface area contributed by atoms with Crippen LogP contribution in [-0.2, 0) is 16.0 Å². The van der Waals surface area contributed by atoms with Crippen molar-refractivity contribution < 1.29 is 19.1 Å². The highest BCUT2D eigenvalue weighted by molar-refractivity contribution is 5.93. The van der Waals surface area contributed by atoms with Crippen LogP contribution in [0.2, 0.25) is 0 Å². The average Bonchev–Trinajstić information content (AvgIpc) is 2.56. The lowest BCUT2D eigenvalue weighted by Gasteiger charge is -2.11. The smallest absolute Gasteiger partial charge is 0.228 e. The molecule has 0 aliphatic carbocycles. The molecule has 0 heterocycles. The number of ether oxygens (including phenoxy) is 2. The van der Waals surface area contributed by atoms with Crippen molar-refractivity contribution in [3.63, 3.8) is 0 Å². The van der Waals surface area contributed by atoms with E-state index in [1.807, 2.05) is 0 Å². The molecule has 0 radical (unpaired) electrons. The van der Waals surface area contributed by atoms with Gasteiger partial charge >= 0.3 is 0 Å². The molecule has 0 saturated carbocycles. The zero-order valence-electron chi connectivity index (χ0n) is 13.9. The van der Waals surface area contributed by atoms with Crippen LogP contribution in [0.3, 0.4) is 0 Å². The molecule has 24 heavy (non-hydrogen) atoms. The second-order valence-electron chi connectivity index (χ2n) is 5.17.